The van der Waals surface area contributed by atoms with E-state index in [2.05, 4.69) is 15.9 Å². The molecule has 0 radical (unpaired) electrons. The van der Waals surface area contributed by atoms with Crippen molar-refractivity contribution in [2.45, 2.75) is 6.42 Å². The first-order valence-electron chi connectivity index (χ1n) is 5.08. The van der Waals surface area contributed by atoms with E-state index in [1.165, 1.54) is 0 Å². The topological polar surface area (TPSA) is 39.4 Å². The highest BCUT2D eigenvalue weighted by atomic mass is 79.9. The fraction of sp³-hybridized carbons (Fsp3) is 0.154. The number of furan rings is 1. The van der Waals surface area contributed by atoms with E-state index in [-0.39, 0.29) is 5.78 Å². The molecule has 88 valence electrons. The third-order valence-corrected chi connectivity index (χ3v) is 3.11. The summed E-state index contributed by atoms with van der Waals surface area (Å²) in [4.78, 5) is 12.1. The molecule has 0 aliphatic carbocycles. The number of methoxy groups -OCH3 is 1. The van der Waals surface area contributed by atoms with Crippen molar-refractivity contribution in [1.29, 1.82) is 0 Å². The van der Waals surface area contributed by atoms with Gasteiger partial charge in [-0.2, -0.15) is 0 Å². The maximum atomic E-state index is 12.1. The number of carbonyl (C=O) groups is 1. The van der Waals surface area contributed by atoms with Crippen LogP contribution in [0.4, 0.5) is 0 Å². The predicted molar refractivity (Wildman–Crippen MR) is 67.4 cm³/mol. The first-order chi connectivity index (χ1) is 8.20. The van der Waals surface area contributed by atoms with Crippen LogP contribution in [0.3, 0.4) is 0 Å². The molecule has 0 unspecified atom stereocenters. The SMILES string of the molecule is COc1ccc(Br)c(C(=O)Cc2ccoc2)c1. The van der Waals surface area contributed by atoms with Crippen molar-refractivity contribution in [1.82, 2.24) is 0 Å². The van der Waals surface area contributed by atoms with Gasteiger partial charge in [0.1, 0.15) is 5.75 Å². The highest BCUT2D eigenvalue weighted by molar-refractivity contribution is 9.10. The molecule has 0 saturated heterocycles. The molecule has 0 saturated carbocycles. The molecule has 0 N–H and O–H groups in total. The van der Waals surface area contributed by atoms with E-state index in [1.807, 2.05) is 0 Å². The molecule has 1 heterocycles. The van der Waals surface area contributed by atoms with E-state index in [9.17, 15) is 4.79 Å². The van der Waals surface area contributed by atoms with Crippen LogP contribution in [0.5, 0.6) is 5.75 Å². The molecule has 2 aromatic rings. The van der Waals surface area contributed by atoms with Gasteiger partial charge < -0.3 is 9.15 Å². The van der Waals surface area contributed by atoms with Crippen molar-refractivity contribution in [3.63, 3.8) is 0 Å². The number of halogens is 1. The minimum Gasteiger partial charge on any atom is -0.497 e. The van der Waals surface area contributed by atoms with Gasteiger partial charge in [-0.3, -0.25) is 4.79 Å². The second-order valence-electron chi connectivity index (χ2n) is 3.58. The zero-order valence-corrected chi connectivity index (χ0v) is 10.9. The number of hydrogen-bond donors (Lipinski definition) is 0. The largest absolute Gasteiger partial charge is 0.497 e. The number of benzene rings is 1. The van der Waals surface area contributed by atoms with Crippen LogP contribution in [0.1, 0.15) is 15.9 Å². The normalized spacial score (nSPS) is 10.2. The van der Waals surface area contributed by atoms with E-state index in [1.54, 1.807) is 43.9 Å². The minimum atomic E-state index is 0.0252. The smallest absolute Gasteiger partial charge is 0.168 e. The lowest BCUT2D eigenvalue weighted by Crippen LogP contribution is -2.04. The van der Waals surface area contributed by atoms with Gasteiger partial charge in [0.2, 0.25) is 0 Å². The van der Waals surface area contributed by atoms with Crippen LogP contribution in [0.25, 0.3) is 0 Å². The predicted octanol–water partition coefficient (Wildman–Crippen LogP) is 3.48. The molecule has 0 aliphatic heterocycles. The molecule has 0 aliphatic rings. The van der Waals surface area contributed by atoms with E-state index in [0.29, 0.717) is 17.7 Å². The fourth-order valence-corrected chi connectivity index (χ4v) is 1.99. The highest BCUT2D eigenvalue weighted by Crippen LogP contribution is 2.24. The van der Waals surface area contributed by atoms with E-state index < -0.39 is 0 Å². The Labute approximate surface area is 108 Å². The summed E-state index contributed by atoms with van der Waals surface area (Å²) < 4.78 is 10.8. The van der Waals surface area contributed by atoms with Crippen molar-refractivity contribution in [3.05, 3.63) is 52.4 Å². The maximum Gasteiger partial charge on any atom is 0.168 e. The Morgan fingerprint density at radius 1 is 1.41 bits per heavy atom. The van der Waals surface area contributed by atoms with Gasteiger partial charge in [0.05, 0.1) is 19.6 Å². The standard InChI is InChI=1S/C13H11BrO3/c1-16-10-2-3-12(14)11(7-10)13(15)6-9-4-5-17-8-9/h2-5,7-8H,6H2,1H3. The molecule has 0 atom stereocenters. The van der Waals surface area contributed by atoms with Crippen LogP contribution in [0.15, 0.2) is 45.7 Å². The lowest BCUT2D eigenvalue weighted by molar-refractivity contribution is 0.0991. The molecule has 1 aromatic carbocycles. The van der Waals surface area contributed by atoms with Crippen molar-refractivity contribution in [2.75, 3.05) is 7.11 Å². The molecule has 3 nitrogen and oxygen atoms in total. The Kier molecular flexibility index (Phi) is 3.64. The molecule has 0 amide bonds. The third kappa shape index (κ3) is 2.77. The lowest BCUT2D eigenvalue weighted by Gasteiger charge is -2.05. The Hall–Kier alpha value is -1.55. The molecular formula is C13H11BrO3. The first kappa shape index (κ1) is 11.9. The molecule has 1 aromatic heterocycles. The average molecular weight is 295 g/mol. The van der Waals surface area contributed by atoms with Crippen LogP contribution in [-0.2, 0) is 6.42 Å². The number of ketones is 1. The minimum absolute atomic E-state index is 0.0252. The molecule has 0 fully saturated rings. The van der Waals surface area contributed by atoms with E-state index in [4.69, 9.17) is 9.15 Å². The number of rotatable bonds is 4. The first-order valence-corrected chi connectivity index (χ1v) is 5.88. The quantitative estimate of drug-likeness (QED) is 0.811. The van der Waals surface area contributed by atoms with Gasteiger partial charge in [-0.25, -0.2) is 0 Å². The molecule has 4 heteroatoms. The van der Waals surface area contributed by atoms with E-state index >= 15 is 0 Å². The zero-order chi connectivity index (χ0) is 12.3. The lowest BCUT2D eigenvalue weighted by atomic mass is 10.1. The van der Waals surface area contributed by atoms with Gasteiger partial charge in [0, 0.05) is 16.5 Å². The Morgan fingerprint density at radius 2 is 2.24 bits per heavy atom. The molecule has 0 spiro atoms. The van der Waals surface area contributed by atoms with Crippen molar-refractivity contribution in [3.8, 4) is 5.75 Å². The summed E-state index contributed by atoms with van der Waals surface area (Å²) in [6.45, 7) is 0. The van der Waals surface area contributed by atoms with Crippen molar-refractivity contribution < 1.29 is 13.9 Å². The van der Waals surface area contributed by atoms with Crippen LogP contribution in [0, 0.1) is 0 Å². The van der Waals surface area contributed by atoms with Gasteiger partial charge in [-0.05, 0) is 29.8 Å². The molecular weight excluding hydrogens is 284 g/mol. The second-order valence-corrected chi connectivity index (χ2v) is 4.43. The number of carbonyl (C=O) groups excluding carboxylic acids is 1. The summed E-state index contributed by atoms with van der Waals surface area (Å²) in [6.07, 6.45) is 3.46. The van der Waals surface area contributed by atoms with Gasteiger partial charge in [0.25, 0.3) is 0 Å². The molecule has 2 rings (SSSR count). The van der Waals surface area contributed by atoms with Crippen molar-refractivity contribution in [2.24, 2.45) is 0 Å². The maximum absolute atomic E-state index is 12.1. The Morgan fingerprint density at radius 3 is 2.88 bits per heavy atom. The van der Waals surface area contributed by atoms with E-state index in [0.717, 1.165) is 10.0 Å². The summed E-state index contributed by atoms with van der Waals surface area (Å²) in [5, 5.41) is 0. The van der Waals surface area contributed by atoms with Gasteiger partial charge in [0.15, 0.2) is 5.78 Å². The summed E-state index contributed by atoms with van der Waals surface area (Å²) in [5.74, 6) is 0.695. The van der Waals surface area contributed by atoms with Crippen LogP contribution >= 0.6 is 15.9 Å². The monoisotopic (exact) mass is 294 g/mol. The molecule has 17 heavy (non-hydrogen) atoms. The van der Waals surface area contributed by atoms with Crippen molar-refractivity contribution >= 4 is 21.7 Å². The summed E-state index contributed by atoms with van der Waals surface area (Å²) in [6, 6.07) is 7.12. The van der Waals surface area contributed by atoms with Gasteiger partial charge >= 0.3 is 0 Å². The second kappa shape index (κ2) is 5.19. The summed E-state index contributed by atoms with van der Waals surface area (Å²) in [5.41, 5.74) is 1.48. The summed E-state index contributed by atoms with van der Waals surface area (Å²) >= 11 is 3.36. The van der Waals surface area contributed by atoms with Gasteiger partial charge in [-0.1, -0.05) is 15.9 Å². The van der Waals surface area contributed by atoms with Crippen LogP contribution in [0.2, 0.25) is 0 Å². The number of hydrogen-bond acceptors (Lipinski definition) is 3. The number of Topliss-reactive ketones (excluding diaryl/α,β-unsaturated/α-hetero) is 1. The Balaban J connectivity index is 2.24. The Bertz CT molecular complexity index is 517. The highest BCUT2D eigenvalue weighted by Gasteiger charge is 2.12. The van der Waals surface area contributed by atoms with Crippen LogP contribution in [-0.4, -0.2) is 12.9 Å². The fourth-order valence-electron chi connectivity index (χ4n) is 1.52. The van der Waals surface area contributed by atoms with Crippen LogP contribution < -0.4 is 4.74 Å². The van der Waals surface area contributed by atoms with Gasteiger partial charge in [-0.15, -0.1) is 0 Å². The molecule has 0 bridgehead atoms. The zero-order valence-electron chi connectivity index (χ0n) is 9.27. The average Bonchev–Trinajstić information content (AvgIpc) is 2.82. The number of ether oxygens (including phenoxy) is 1. The summed E-state index contributed by atoms with van der Waals surface area (Å²) in [7, 11) is 1.58. The third-order valence-electron chi connectivity index (χ3n) is 2.42.